The molecule has 1 aliphatic rings. The van der Waals surface area contributed by atoms with Gasteiger partial charge in [0.2, 0.25) is 5.75 Å². The van der Waals surface area contributed by atoms with Gasteiger partial charge in [-0.3, -0.25) is 4.90 Å². The zero-order valence-corrected chi connectivity index (χ0v) is 24.0. The second-order valence-corrected chi connectivity index (χ2v) is 9.30. The van der Waals surface area contributed by atoms with E-state index >= 15 is 0 Å². The Morgan fingerprint density at radius 3 is 2.13 bits per heavy atom. The van der Waals surface area contributed by atoms with Crippen molar-refractivity contribution >= 4 is 17.9 Å². The lowest BCUT2D eigenvalue weighted by molar-refractivity contribution is -0.138. The molecule has 1 aliphatic heterocycles. The van der Waals surface area contributed by atoms with Gasteiger partial charge in [-0.2, -0.15) is 0 Å². The lowest BCUT2D eigenvalue weighted by Gasteiger charge is -2.35. The monoisotopic (exact) mass is 530 g/mol. The summed E-state index contributed by atoms with van der Waals surface area (Å²) in [5.41, 5.74) is 2.26. The summed E-state index contributed by atoms with van der Waals surface area (Å²) in [6.07, 6.45) is 6.33. The molecule has 0 saturated heterocycles. The summed E-state index contributed by atoms with van der Waals surface area (Å²) in [4.78, 5) is 32.7. The standard InChI is InChI=1S/C29H42N2O7/c1-9-10-11-12-13-15-38-29(33)31-21(5)30-20(4)25(28(32)37-16-14-19(2)3)26(31)22-17-23(34-6)27(36-8)24(18-22)35-7/h14,17-18,26H,9-13,15-16H2,1-8H3. The number of hydrogen-bond acceptors (Lipinski definition) is 8. The zero-order chi connectivity index (χ0) is 28.2. The maximum Gasteiger partial charge on any atom is 0.416 e. The molecule has 1 heterocycles. The molecule has 0 radical (unpaired) electrons. The second kappa shape index (κ2) is 15.1. The summed E-state index contributed by atoms with van der Waals surface area (Å²) in [5.74, 6) is 1.00. The third-order valence-electron chi connectivity index (χ3n) is 6.20. The van der Waals surface area contributed by atoms with Crippen molar-refractivity contribution in [2.45, 2.75) is 72.8 Å². The molecule has 2 rings (SSSR count). The highest BCUT2D eigenvalue weighted by Crippen LogP contribution is 2.44. The van der Waals surface area contributed by atoms with Crippen LogP contribution in [0.1, 0.15) is 78.3 Å². The summed E-state index contributed by atoms with van der Waals surface area (Å²) >= 11 is 0. The Kier molecular flexibility index (Phi) is 12.2. The highest BCUT2D eigenvalue weighted by molar-refractivity contribution is 6.01. The Morgan fingerprint density at radius 2 is 1.58 bits per heavy atom. The van der Waals surface area contributed by atoms with E-state index in [2.05, 4.69) is 11.9 Å². The van der Waals surface area contributed by atoms with Crippen LogP contribution < -0.4 is 14.2 Å². The molecular formula is C29H42N2O7. The SMILES string of the molecule is CCCCCCCOC(=O)N1C(C)=NC(C)=C(C(=O)OCC=C(C)C)C1c1cc(OC)c(OC)c(OC)c1. The number of ether oxygens (including phenoxy) is 5. The number of amides is 1. The first-order valence-corrected chi connectivity index (χ1v) is 13.0. The highest BCUT2D eigenvalue weighted by Gasteiger charge is 2.40. The number of unbranched alkanes of at least 4 members (excludes halogenated alkanes) is 4. The van der Waals surface area contributed by atoms with E-state index in [4.69, 9.17) is 23.7 Å². The van der Waals surface area contributed by atoms with Crippen LogP contribution in [0.25, 0.3) is 0 Å². The van der Waals surface area contributed by atoms with Crippen molar-refractivity contribution in [1.29, 1.82) is 0 Å². The summed E-state index contributed by atoms with van der Waals surface area (Å²) in [5, 5.41) is 0. The Morgan fingerprint density at radius 1 is 0.947 bits per heavy atom. The van der Waals surface area contributed by atoms with E-state index in [-0.39, 0.29) is 18.8 Å². The number of nitrogens with zero attached hydrogens (tertiary/aromatic N) is 2. The maximum atomic E-state index is 13.4. The minimum atomic E-state index is -0.881. The first-order chi connectivity index (χ1) is 18.2. The van der Waals surface area contributed by atoms with E-state index in [1.165, 1.54) is 26.2 Å². The molecule has 0 aromatic heterocycles. The van der Waals surface area contributed by atoms with E-state index in [0.717, 1.165) is 37.7 Å². The molecule has 0 bridgehead atoms. The molecule has 0 saturated carbocycles. The fourth-order valence-corrected chi connectivity index (χ4v) is 4.24. The van der Waals surface area contributed by atoms with Gasteiger partial charge in [-0.1, -0.05) is 38.2 Å². The predicted octanol–water partition coefficient (Wildman–Crippen LogP) is 6.38. The van der Waals surface area contributed by atoms with E-state index < -0.39 is 18.1 Å². The van der Waals surface area contributed by atoms with Gasteiger partial charge in [-0.15, -0.1) is 0 Å². The van der Waals surface area contributed by atoms with Crippen molar-refractivity contribution in [3.63, 3.8) is 0 Å². The quantitative estimate of drug-likeness (QED) is 0.166. The summed E-state index contributed by atoms with van der Waals surface area (Å²) in [6.45, 7) is 9.81. The Bertz CT molecular complexity index is 1050. The molecule has 1 amide bonds. The van der Waals surface area contributed by atoms with Crippen LogP contribution in [0.4, 0.5) is 4.79 Å². The van der Waals surface area contributed by atoms with Gasteiger partial charge < -0.3 is 23.7 Å². The van der Waals surface area contributed by atoms with Crippen molar-refractivity contribution < 1.29 is 33.3 Å². The number of hydrogen-bond donors (Lipinski definition) is 0. The average Bonchev–Trinajstić information content (AvgIpc) is 2.88. The smallest absolute Gasteiger partial charge is 0.416 e. The van der Waals surface area contributed by atoms with Crippen LogP contribution in [-0.4, -0.2) is 57.3 Å². The fourth-order valence-electron chi connectivity index (χ4n) is 4.24. The zero-order valence-electron chi connectivity index (χ0n) is 24.0. The summed E-state index contributed by atoms with van der Waals surface area (Å²) in [6, 6.07) is 2.55. The third kappa shape index (κ3) is 7.76. The number of allylic oxidation sites excluding steroid dienone is 2. The highest BCUT2D eigenvalue weighted by atomic mass is 16.6. The minimum absolute atomic E-state index is 0.102. The fraction of sp³-hybridized carbons (Fsp3) is 0.552. The lowest BCUT2D eigenvalue weighted by atomic mass is 9.93. The first kappa shape index (κ1) is 30.7. The third-order valence-corrected chi connectivity index (χ3v) is 6.20. The van der Waals surface area contributed by atoms with Gasteiger partial charge >= 0.3 is 12.1 Å². The van der Waals surface area contributed by atoms with Crippen LogP contribution in [0.3, 0.4) is 0 Å². The molecule has 0 spiro atoms. The van der Waals surface area contributed by atoms with E-state index in [1.54, 1.807) is 26.0 Å². The Labute approximate surface area is 226 Å². The molecule has 0 N–H and O–H groups in total. The number of carbonyl (C=O) groups excluding carboxylic acids is 2. The topological polar surface area (TPSA) is 95.9 Å². The van der Waals surface area contributed by atoms with Crippen molar-refractivity contribution in [2.24, 2.45) is 4.99 Å². The van der Waals surface area contributed by atoms with Gasteiger partial charge in [0.1, 0.15) is 18.5 Å². The Balaban J connectivity index is 2.54. The Hall–Kier alpha value is -3.49. The number of carbonyl (C=O) groups is 2. The lowest BCUT2D eigenvalue weighted by Crippen LogP contribution is -2.43. The average molecular weight is 531 g/mol. The van der Waals surface area contributed by atoms with Crippen LogP contribution >= 0.6 is 0 Å². The number of amidine groups is 1. The molecular weight excluding hydrogens is 488 g/mol. The molecule has 9 heteroatoms. The van der Waals surface area contributed by atoms with Crippen LogP contribution in [0.15, 0.2) is 40.0 Å². The van der Waals surface area contributed by atoms with Crippen LogP contribution in [0.2, 0.25) is 0 Å². The van der Waals surface area contributed by atoms with Crippen LogP contribution in [0.5, 0.6) is 17.2 Å². The number of aliphatic imine (C=N–C) groups is 1. The van der Waals surface area contributed by atoms with E-state index in [9.17, 15) is 9.59 Å². The number of methoxy groups -OCH3 is 3. The van der Waals surface area contributed by atoms with Gasteiger partial charge in [-0.25, -0.2) is 14.6 Å². The van der Waals surface area contributed by atoms with Gasteiger partial charge in [0.25, 0.3) is 0 Å². The molecule has 1 unspecified atom stereocenters. The normalized spacial score (nSPS) is 15.0. The number of esters is 1. The number of benzene rings is 1. The molecule has 1 aromatic carbocycles. The summed E-state index contributed by atoms with van der Waals surface area (Å²) < 4.78 is 27.8. The molecule has 1 atom stereocenters. The largest absolute Gasteiger partial charge is 0.493 e. The first-order valence-electron chi connectivity index (χ1n) is 13.0. The van der Waals surface area contributed by atoms with Crippen LogP contribution in [0, 0.1) is 0 Å². The molecule has 0 fully saturated rings. The van der Waals surface area contributed by atoms with Crippen molar-refractivity contribution in [3.8, 4) is 17.2 Å². The van der Waals surface area contributed by atoms with E-state index in [0.29, 0.717) is 34.3 Å². The molecule has 9 nitrogen and oxygen atoms in total. The van der Waals surface area contributed by atoms with Gasteiger partial charge in [0, 0.05) is 0 Å². The maximum absolute atomic E-state index is 13.4. The second-order valence-electron chi connectivity index (χ2n) is 9.30. The van der Waals surface area contributed by atoms with Crippen molar-refractivity contribution in [1.82, 2.24) is 4.90 Å². The van der Waals surface area contributed by atoms with Gasteiger partial charge in [0.15, 0.2) is 11.5 Å². The predicted molar refractivity (Wildman–Crippen MR) is 147 cm³/mol. The van der Waals surface area contributed by atoms with E-state index in [1.807, 2.05) is 19.9 Å². The van der Waals surface area contributed by atoms with Crippen molar-refractivity contribution in [3.05, 3.63) is 40.6 Å². The molecule has 38 heavy (non-hydrogen) atoms. The summed E-state index contributed by atoms with van der Waals surface area (Å²) in [7, 11) is 4.53. The van der Waals surface area contributed by atoms with Crippen LogP contribution in [-0.2, 0) is 14.3 Å². The number of rotatable bonds is 13. The molecule has 0 aliphatic carbocycles. The van der Waals surface area contributed by atoms with Gasteiger partial charge in [-0.05, 0) is 57.9 Å². The van der Waals surface area contributed by atoms with Gasteiger partial charge in [0.05, 0.1) is 39.2 Å². The van der Waals surface area contributed by atoms with Crippen molar-refractivity contribution in [2.75, 3.05) is 34.5 Å². The minimum Gasteiger partial charge on any atom is -0.493 e. The molecule has 210 valence electrons. The molecule has 1 aromatic rings.